The number of rotatable bonds is 6. The smallest absolute Gasteiger partial charge is 0.230 e. The number of carbonyl (C=O) groups is 1. The van der Waals surface area contributed by atoms with Crippen molar-refractivity contribution >= 4 is 5.91 Å². The van der Waals surface area contributed by atoms with Crippen LogP contribution in [0.25, 0.3) is 0 Å². The second-order valence-corrected chi connectivity index (χ2v) is 8.85. The van der Waals surface area contributed by atoms with E-state index in [4.69, 9.17) is 0 Å². The molecule has 1 saturated carbocycles. The van der Waals surface area contributed by atoms with Gasteiger partial charge >= 0.3 is 0 Å². The van der Waals surface area contributed by atoms with Crippen LogP contribution in [0.4, 0.5) is 0 Å². The average molecular weight is 377 g/mol. The third-order valence-corrected chi connectivity index (χ3v) is 6.67. The zero-order chi connectivity index (χ0) is 19.5. The van der Waals surface area contributed by atoms with Crippen LogP contribution in [-0.2, 0) is 11.3 Å². The summed E-state index contributed by atoms with van der Waals surface area (Å²) < 4.78 is 0. The van der Waals surface area contributed by atoms with Gasteiger partial charge in [0.15, 0.2) is 0 Å². The zero-order valence-electron chi connectivity index (χ0n) is 17.1. The fraction of sp³-hybridized carbons (Fsp3) is 0.480. The Morgan fingerprint density at radius 2 is 1.68 bits per heavy atom. The van der Waals surface area contributed by atoms with E-state index in [2.05, 4.69) is 66.5 Å². The van der Waals surface area contributed by atoms with E-state index in [9.17, 15) is 4.79 Å². The maximum absolute atomic E-state index is 13.4. The molecule has 4 unspecified atom stereocenters. The minimum atomic E-state index is -0.0317. The maximum Gasteiger partial charge on any atom is 0.230 e. The van der Waals surface area contributed by atoms with Gasteiger partial charge in [0.25, 0.3) is 0 Å². The van der Waals surface area contributed by atoms with E-state index < -0.39 is 0 Å². The van der Waals surface area contributed by atoms with E-state index >= 15 is 0 Å². The molecule has 4 atom stereocenters. The Bertz CT molecular complexity index is 774. The van der Waals surface area contributed by atoms with Crippen LogP contribution in [-0.4, -0.2) is 29.9 Å². The monoisotopic (exact) mass is 376 g/mol. The normalized spacial score (nSPS) is 25.1. The second-order valence-electron chi connectivity index (χ2n) is 8.85. The molecule has 1 amide bonds. The predicted octanol–water partition coefficient (Wildman–Crippen LogP) is 4.45. The number of likely N-dealkylation sites (tertiary alicyclic amines) is 1. The van der Waals surface area contributed by atoms with E-state index in [-0.39, 0.29) is 5.92 Å². The van der Waals surface area contributed by atoms with E-state index in [1.165, 1.54) is 18.4 Å². The largest absolute Gasteiger partial charge is 0.342 e. The summed E-state index contributed by atoms with van der Waals surface area (Å²) in [4.78, 5) is 15.6. The van der Waals surface area contributed by atoms with Crippen molar-refractivity contribution in [3.05, 3.63) is 71.8 Å². The average Bonchev–Trinajstić information content (AvgIpc) is 3.29. The van der Waals surface area contributed by atoms with E-state index in [0.29, 0.717) is 29.7 Å². The first kappa shape index (κ1) is 19.2. The lowest BCUT2D eigenvalue weighted by molar-refractivity contribution is -0.133. The van der Waals surface area contributed by atoms with Crippen molar-refractivity contribution < 1.29 is 4.79 Å². The van der Waals surface area contributed by atoms with Crippen molar-refractivity contribution in [3.8, 4) is 0 Å². The van der Waals surface area contributed by atoms with Gasteiger partial charge in [-0.05, 0) is 41.7 Å². The van der Waals surface area contributed by atoms with E-state index in [1.54, 1.807) is 0 Å². The van der Waals surface area contributed by atoms with Crippen molar-refractivity contribution in [1.82, 2.24) is 10.2 Å². The number of hydrogen-bond donors (Lipinski definition) is 1. The van der Waals surface area contributed by atoms with Gasteiger partial charge in [-0.3, -0.25) is 4.79 Å². The Kier molecular flexibility index (Phi) is 5.82. The first-order chi connectivity index (χ1) is 13.6. The third kappa shape index (κ3) is 4.00. The first-order valence-corrected chi connectivity index (χ1v) is 10.7. The van der Waals surface area contributed by atoms with Crippen LogP contribution in [0.5, 0.6) is 0 Å². The summed E-state index contributed by atoms with van der Waals surface area (Å²) in [6.07, 6.45) is 2.47. The Hall–Kier alpha value is -2.13. The van der Waals surface area contributed by atoms with Gasteiger partial charge in [-0.2, -0.15) is 0 Å². The molecule has 1 N–H and O–H groups in total. The lowest BCUT2D eigenvalue weighted by Crippen LogP contribution is -2.39. The van der Waals surface area contributed by atoms with Gasteiger partial charge in [-0.1, -0.05) is 74.5 Å². The number of amides is 1. The van der Waals surface area contributed by atoms with Gasteiger partial charge in [0, 0.05) is 25.7 Å². The van der Waals surface area contributed by atoms with Crippen molar-refractivity contribution in [2.75, 3.05) is 13.1 Å². The summed E-state index contributed by atoms with van der Waals surface area (Å²) in [5, 5.41) is 3.77. The molecule has 3 nitrogen and oxygen atoms in total. The van der Waals surface area contributed by atoms with Crippen LogP contribution in [0.2, 0.25) is 0 Å². The molecule has 2 aromatic carbocycles. The van der Waals surface area contributed by atoms with Crippen LogP contribution in [0, 0.1) is 17.8 Å². The number of nitrogens with one attached hydrogen (secondary N) is 1. The molecule has 4 rings (SSSR count). The van der Waals surface area contributed by atoms with Gasteiger partial charge in [0.2, 0.25) is 5.91 Å². The lowest BCUT2D eigenvalue weighted by atomic mass is 9.87. The molecule has 0 bridgehead atoms. The van der Waals surface area contributed by atoms with Crippen LogP contribution >= 0.6 is 0 Å². The summed E-state index contributed by atoms with van der Waals surface area (Å²) in [5.74, 6) is 1.84. The first-order valence-electron chi connectivity index (χ1n) is 10.7. The zero-order valence-corrected chi connectivity index (χ0v) is 17.1. The number of fused-ring (bicyclic) bond motifs is 1. The third-order valence-electron chi connectivity index (χ3n) is 6.67. The van der Waals surface area contributed by atoms with Crippen LogP contribution < -0.4 is 5.32 Å². The molecule has 28 heavy (non-hydrogen) atoms. The Morgan fingerprint density at radius 1 is 1.00 bits per heavy atom. The molecule has 0 aromatic heterocycles. The Balaban J connectivity index is 1.40. The summed E-state index contributed by atoms with van der Waals surface area (Å²) in [7, 11) is 0. The second kappa shape index (κ2) is 8.48. The van der Waals surface area contributed by atoms with Crippen molar-refractivity contribution in [1.29, 1.82) is 0 Å². The quantitative estimate of drug-likeness (QED) is 0.808. The summed E-state index contributed by atoms with van der Waals surface area (Å²) in [5.41, 5.74) is 2.49. The molecule has 3 heteroatoms. The maximum atomic E-state index is 13.4. The Labute approximate surface area is 169 Å². The molecule has 1 aliphatic heterocycles. The van der Waals surface area contributed by atoms with Gasteiger partial charge in [0.1, 0.15) is 0 Å². The molecule has 1 saturated heterocycles. The minimum Gasteiger partial charge on any atom is -0.342 e. The summed E-state index contributed by atoms with van der Waals surface area (Å²) >= 11 is 0. The molecule has 0 radical (unpaired) electrons. The van der Waals surface area contributed by atoms with Crippen LogP contribution in [0.1, 0.15) is 43.7 Å². The molecule has 0 spiro atoms. The van der Waals surface area contributed by atoms with E-state index in [0.717, 1.165) is 25.2 Å². The highest BCUT2D eigenvalue weighted by Crippen LogP contribution is 2.40. The van der Waals surface area contributed by atoms with Crippen LogP contribution in [0.3, 0.4) is 0 Å². The molecular formula is C25H32N2O. The molecule has 2 fully saturated rings. The standard InChI is InChI=1S/C25H32N2O/c1-18(2)24(20-11-7-4-8-12-20)25(28)27-16-21-13-14-23(22(21)17-27)26-15-19-9-5-3-6-10-19/h3-12,18,21-24,26H,13-17H2,1-2H3. The van der Waals surface area contributed by atoms with Gasteiger partial charge < -0.3 is 10.2 Å². The van der Waals surface area contributed by atoms with Crippen molar-refractivity contribution in [2.45, 2.75) is 45.2 Å². The fourth-order valence-electron chi connectivity index (χ4n) is 5.21. The number of nitrogens with zero attached hydrogens (tertiary/aromatic N) is 1. The van der Waals surface area contributed by atoms with Gasteiger partial charge in [-0.25, -0.2) is 0 Å². The number of benzene rings is 2. The van der Waals surface area contributed by atoms with Gasteiger partial charge in [-0.15, -0.1) is 0 Å². The highest BCUT2D eigenvalue weighted by atomic mass is 16.2. The van der Waals surface area contributed by atoms with Gasteiger partial charge in [0.05, 0.1) is 5.92 Å². The van der Waals surface area contributed by atoms with E-state index in [1.807, 2.05) is 18.2 Å². The molecule has 1 heterocycles. The highest BCUT2D eigenvalue weighted by molar-refractivity contribution is 5.84. The Morgan fingerprint density at radius 3 is 2.36 bits per heavy atom. The SMILES string of the molecule is CC(C)C(C(=O)N1CC2CCC(NCc3ccccc3)C2C1)c1ccccc1. The molecule has 2 aromatic rings. The molecular weight excluding hydrogens is 344 g/mol. The summed E-state index contributed by atoms with van der Waals surface area (Å²) in [6.45, 7) is 7.09. The number of carbonyl (C=O) groups excluding carboxylic acids is 1. The molecule has 1 aliphatic carbocycles. The molecule has 148 valence electrons. The summed E-state index contributed by atoms with van der Waals surface area (Å²) in [6, 6.07) is 21.4. The predicted molar refractivity (Wildman–Crippen MR) is 114 cm³/mol. The van der Waals surface area contributed by atoms with Crippen molar-refractivity contribution in [3.63, 3.8) is 0 Å². The topological polar surface area (TPSA) is 32.3 Å². The fourth-order valence-corrected chi connectivity index (χ4v) is 5.21. The lowest BCUT2D eigenvalue weighted by Gasteiger charge is -2.28. The molecule has 2 aliphatic rings. The highest BCUT2D eigenvalue weighted by Gasteiger charge is 2.45. The number of hydrogen-bond acceptors (Lipinski definition) is 2. The minimum absolute atomic E-state index is 0.0317. The van der Waals surface area contributed by atoms with Crippen molar-refractivity contribution in [2.24, 2.45) is 17.8 Å². The van der Waals surface area contributed by atoms with Crippen LogP contribution in [0.15, 0.2) is 60.7 Å².